The maximum Gasteiger partial charge on any atom is 0.265 e. The van der Waals surface area contributed by atoms with Crippen molar-refractivity contribution in [1.29, 1.82) is 0 Å². The van der Waals surface area contributed by atoms with Crippen LogP contribution in [-0.2, 0) is 4.79 Å². The number of carbonyl (C=O) groups excluding carboxylic acids is 3. The molecular formula is C23H19Cl2N3O3S. The minimum absolute atomic E-state index is 0.182. The normalized spacial score (nSPS) is 15.4. The standard InChI is InChI=1S/C23H19Cl2N3O3S/c24-15-11-14(12-16(25)13-15)23(31)28-9-1-3-19(28)21(29)26-17-5-7-18(8-6-17)27-22(30)20-4-2-10-32-20/h2,4-8,10-13,19H,1,3,9H2,(H,26,29)(H,27,30). The molecule has 6 nitrogen and oxygen atoms in total. The van der Waals surface area contributed by atoms with Crippen LogP contribution in [0.3, 0.4) is 0 Å². The molecule has 1 aliphatic heterocycles. The fraction of sp³-hybridized carbons (Fsp3) is 0.174. The average molecular weight is 488 g/mol. The number of benzene rings is 2. The summed E-state index contributed by atoms with van der Waals surface area (Å²) in [5.74, 6) is -0.726. The topological polar surface area (TPSA) is 78.5 Å². The van der Waals surface area contributed by atoms with Crippen molar-refractivity contribution in [2.45, 2.75) is 18.9 Å². The van der Waals surface area contributed by atoms with Crippen LogP contribution in [0.15, 0.2) is 60.0 Å². The molecule has 3 aromatic rings. The summed E-state index contributed by atoms with van der Waals surface area (Å²) in [6.07, 6.45) is 1.30. The van der Waals surface area contributed by atoms with Crippen LogP contribution in [0.4, 0.5) is 11.4 Å². The van der Waals surface area contributed by atoms with Gasteiger partial charge in [-0.3, -0.25) is 14.4 Å². The highest BCUT2D eigenvalue weighted by Gasteiger charge is 2.34. The Balaban J connectivity index is 1.40. The molecule has 1 aliphatic rings. The molecule has 164 valence electrons. The molecule has 1 atom stereocenters. The van der Waals surface area contributed by atoms with Gasteiger partial charge in [-0.2, -0.15) is 0 Å². The van der Waals surface area contributed by atoms with E-state index in [9.17, 15) is 14.4 Å². The van der Waals surface area contributed by atoms with Crippen LogP contribution in [0.1, 0.15) is 32.9 Å². The minimum Gasteiger partial charge on any atom is -0.327 e. The van der Waals surface area contributed by atoms with Crippen molar-refractivity contribution >= 4 is 63.6 Å². The van der Waals surface area contributed by atoms with Crippen LogP contribution in [0.5, 0.6) is 0 Å². The van der Waals surface area contributed by atoms with Crippen LogP contribution >= 0.6 is 34.5 Å². The number of nitrogens with zero attached hydrogens (tertiary/aromatic N) is 1. The Morgan fingerprint density at radius 3 is 2.22 bits per heavy atom. The van der Waals surface area contributed by atoms with Crippen molar-refractivity contribution in [3.63, 3.8) is 0 Å². The van der Waals surface area contributed by atoms with E-state index in [2.05, 4.69) is 10.6 Å². The highest BCUT2D eigenvalue weighted by atomic mass is 35.5. The van der Waals surface area contributed by atoms with Crippen LogP contribution in [0.25, 0.3) is 0 Å². The lowest BCUT2D eigenvalue weighted by Gasteiger charge is -2.24. The van der Waals surface area contributed by atoms with E-state index < -0.39 is 6.04 Å². The van der Waals surface area contributed by atoms with Gasteiger partial charge in [0.05, 0.1) is 4.88 Å². The fourth-order valence-corrected chi connectivity index (χ4v) is 4.73. The third-order valence-electron chi connectivity index (χ3n) is 5.08. The molecule has 2 aromatic carbocycles. The zero-order valence-corrected chi connectivity index (χ0v) is 19.1. The van der Waals surface area contributed by atoms with E-state index in [0.29, 0.717) is 44.8 Å². The van der Waals surface area contributed by atoms with E-state index in [1.165, 1.54) is 11.3 Å². The van der Waals surface area contributed by atoms with E-state index in [1.54, 1.807) is 53.4 Å². The molecule has 9 heteroatoms. The van der Waals surface area contributed by atoms with Crippen LogP contribution in [-0.4, -0.2) is 35.2 Å². The summed E-state index contributed by atoms with van der Waals surface area (Å²) < 4.78 is 0. The molecule has 0 spiro atoms. The highest BCUT2D eigenvalue weighted by Crippen LogP contribution is 2.25. The summed E-state index contributed by atoms with van der Waals surface area (Å²) in [5.41, 5.74) is 1.55. The molecule has 1 aromatic heterocycles. The van der Waals surface area contributed by atoms with Crippen molar-refractivity contribution < 1.29 is 14.4 Å². The van der Waals surface area contributed by atoms with Crippen molar-refractivity contribution in [2.75, 3.05) is 17.2 Å². The molecular weight excluding hydrogens is 469 g/mol. The van der Waals surface area contributed by atoms with Crippen LogP contribution < -0.4 is 10.6 Å². The number of likely N-dealkylation sites (tertiary alicyclic amines) is 1. The van der Waals surface area contributed by atoms with E-state index in [0.717, 1.165) is 6.42 Å². The quantitative estimate of drug-likeness (QED) is 0.494. The molecule has 0 aliphatic carbocycles. The number of nitrogens with one attached hydrogen (secondary N) is 2. The molecule has 32 heavy (non-hydrogen) atoms. The second-order valence-corrected chi connectivity index (χ2v) is 9.13. The zero-order valence-electron chi connectivity index (χ0n) is 16.8. The molecule has 0 radical (unpaired) electrons. The number of amides is 3. The lowest BCUT2D eigenvalue weighted by atomic mass is 10.1. The minimum atomic E-state index is -0.585. The lowest BCUT2D eigenvalue weighted by Crippen LogP contribution is -2.43. The van der Waals surface area contributed by atoms with Gasteiger partial charge in [-0.15, -0.1) is 11.3 Å². The Morgan fingerprint density at radius 1 is 0.938 bits per heavy atom. The first-order valence-corrected chi connectivity index (χ1v) is 11.6. The monoisotopic (exact) mass is 487 g/mol. The fourth-order valence-electron chi connectivity index (χ4n) is 3.59. The number of carbonyl (C=O) groups is 3. The number of thiophene rings is 1. The van der Waals surface area contributed by atoms with Crippen molar-refractivity contribution in [2.24, 2.45) is 0 Å². The Kier molecular flexibility index (Phi) is 6.79. The predicted octanol–water partition coefficient (Wildman–Crippen LogP) is 5.55. The number of anilines is 2. The average Bonchev–Trinajstić information content (AvgIpc) is 3.46. The summed E-state index contributed by atoms with van der Waals surface area (Å²) in [7, 11) is 0. The third kappa shape index (κ3) is 5.12. The van der Waals surface area contributed by atoms with E-state index in [4.69, 9.17) is 23.2 Å². The number of hydrogen-bond acceptors (Lipinski definition) is 4. The largest absolute Gasteiger partial charge is 0.327 e. The Morgan fingerprint density at radius 2 is 1.59 bits per heavy atom. The van der Waals surface area contributed by atoms with Crippen molar-refractivity contribution in [3.05, 3.63) is 80.5 Å². The van der Waals surface area contributed by atoms with Gasteiger partial charge in [0.25, 0.3) is 11.8 Å². The maximum atomic E-state index is 13.0. The Labute approximate surface area is 199 Å². The van der Waals surface area contributed by atoms with E-state index >= 15 is 0 Å². The second-order valence-electron chi connectivity index (χ2n) is 7.31. The van der Waals surface area contributed by atoms with Gasteiger partial charge in [0, 0.05) is 33.5 Å². The molecule has 0 bridgehead atoms. The Hall–Kier alpha value is -2.87. The van der Waals surface area contributed by atoms with Gasteiger partial charge in [-0.1, -0.05) is 29.3 Å². The van der Waals surface area contributed by atoms with E-state index in [-0.39, 0.29) is 17.7 Å². The smallest absolute Gasteiger partial charge is 0.265 e. The van der Waals surface area contributed by atoms with Gasteiger partial charge in [0.15, 0.2) is 0 Å². The lowest BCUT2D eigenvalue weighted by molar-refractivity contribution is -0.119. The second kappa shape index (κ2) is 9.73. The first-order valence-electron chi connectivity index (χ1n) is 9.93. The first kappa shape index (κ1) is 22.3. The summed E-state index contributed by atoms with van der Waals surface area (Å²) >= 11 is 13.4. The van der Waals surface area contributed by atoms with Crippen molar-refractivity contribution in [3.8, 4) is 0 Å². The van der Waals surface area contributed by atoms with Gasteiger partial charge in [-0.05, 0) is 66.8 Å². The van der Waals surface area contributed by atoms with Gasteiger partial charge in [0.2, 0.25) is 5.91 Å². The molecule has 4 rings (SSSR count). The van der Waals surface area contributed by atoms with Gasteiger partial charge in [0.1, 0.15) is 6.04 Å². The molecule has 2 heterocycles. The van der Waals surface area contributed by atoms with Gasteiger partial charge >= 0.3 is 0 Å². The summed E-state index contributed by atoms with van der Waals surface area (Å²) in [5, 5.41) is 8.24. The highest BCUT2D eigenvalue weighted by molar-refractivity contribution is 7.12. The van der Waals surface area contributed by atoms with Crippen LogP contribution in [0.2, 0.25) is 10.0 Å². The molecule has 2 N–H and O–H groups in total. The molecule has 3 amide bonds. The SMILES string of the molecule is O=C(Nc1ccc(NC(=O)C2CCCN2C(=O)c2cc(Cl)cc(Cl)c2)cc1)c1cccs1. The maximum absolute atomic E-state index is 13.0. The molecule has 1 fully saturated rings. The molecule has 1 saturated heterocycles. The van der Waals surface area contributed by atoms with Crippen molar-refractivity contribution in [1.82, 2.24) is 4.90 Å². The predicted molar refractivity (Wildman–Crippen MR) is 128 cm³/mol. The summed E-state index contributed by atoms with van der Waals surface area (Å²) in [6.45, 7) is 0.481. The number of rotatable bonds is 5. The third-order valence-corrected chi connectivity index (χ3v) is 6.39. The summed E-state index contributed by atoms with van der Waals surface area (Å²) in [6, 6.07) is 14.5. The van der Waals surface area contributed by atoms with Crippen LogP contribution in [0, 0.1) is 0 Å². The molecule has 0 saturated carbocycles. The Bertz CT molecular complexity index is 1130. The zero-order chi connectivity index (χ0) is 22.7. The van der Waals surface area contributed by atoms with Gasteiger partial charge in [-0.25, -0.2) is 0 Å². The number of halogens is 2. The first-order chi connectivity index (χ1) is 15.4. The molecule has 1 unspecified atom stereocenters. The van der Waals surface area contributed by atoms with E-state index in [1.807, 2.05) is 11.4 Å². The van der Waals surface area contributed by atoms with Gasteiger partial charge < -0.3 is 15.5 Å². The summed E-state index contributed by atoms with van der Waals surface area (Å²) in [4.78, 5) is 40.2. The number of hydrogen-bond donors (Lipinski definition) is 2.